The van der Waals surface area contributed by atoms with Crippen LogP contribution in [0.4, 0.5) is 0 Å². The van der Waals surface area contributed by atoms with Crippen LogP contribution < -0.4 is 47.9 Å². The average molecular weight is 1540 g/mol. The smallest absolute Gasteiger partial charge is 0.450 e. The van der Waals surface area contributed by atoms with Gasteiger partial charge in [0.15, 0.2) is 0 Å². The van der Waals surface area contributed by atoms with Gasteiger partial charge in [-0.2, -0.15) is 0 Å². The van der Waals surface area contributed by atoms with Gasteiger partial charge in [-0.05, 0) is 70.4 Å². The van der Waals surface area contributed by atoms with Crippen LogP contribution in [0.3, 0.4) is 0 Å². The minimum Gasteiger partial charge on any atom is -0.450 e. The second-order valence-electron chi connectivity index (χ2n) is 29.4. The molecule has 0 bridgehead atoms. The fraction of sp³-hybridized carbons (Fsp3) is 0.321. The van der Waals surface area contributed by atoms with E-state index in [4.69, 9.17) is 13.7 Å². The van der Waals surface area contributed by atoms with E-state index in [2.05, 4.69) is 77.8 Å². The summed E-state index contributed by atoms with van der Waals surface area (Å²) in [5.41, 5.74) is 4.07. The summed E-state index contributed by atoms with van der Waals surface area (Å²) in [4.78, 5) is 158. The maximum atomic E-state index is 15.7. The van der Waals surface area contributed by atoms with Crippen LogP contribution >= 0.6 is 0 Å². The number of rotatable bonds is 39. The van der Waals surface area contributed by atoms with Gasteiger partial charge >= 0.3 is 21.4 Å². The maximum Gasteiger partial charge on any atom is 0.453 e. The zero-order valence-corrected chi connectivity index (χ0v) is 64.6. The van der Waals surface area contributed by atoms with Gasteiger partial charge in [-0.15, -0.1) is 0 Å². The maximum absolute atomic E-state index is 15.7. The summed E-state index contributed by atoms with van der Waals surface area (Å²) in [5.74, 6) is -10.0. The molecule has 114 heavy (non-hydrogen) atoms. The van der Waals surface area contributed by atoms with Gasteiger partial charge in [-0.1, -0.05) is 224 Å². The number of carbonyl (C=O) groups excluding carboxylic acids is 9. The van der Waals surface area contributed by atoms with E-state index in [1.807, 2.05) is 224 Å². The largest absolute Gasteiger partial charge is 0.453 e. The number of hydrogen-bond acceptors (Lipinski definition) is 18. The molecule has 9 N–H and O–H groups in total. The summed E-state index contributed by atoms with van der Waals surface area (Å²) in [6.07, 6.45) is 12.7. The summed E-state index contributed by atoms with van der Waals surface area (Å²) in [6.45, 7) is 11.6. The van der Waals surface area contributed by atoms with Crippen LogP contribution in [-0.4, -0.2) is 158 Å². The molecule has 0 unspecified atom stereocenters. The lowest BCUT2D eigenvalue weighted by molar-refractivity contribution is -0.130. The van der Waals surface area contributed by atoms with Crippen LogP contribution in [0.2, 0.25) is 0 Å². The molecule has 1 aliphatic heterocycles. The molecule has 9 amide bonds. The van der Waals surface area contributed by atoms with Crippen LogP contribution in [0.25, 0.3) is 0 Å². The molecule has 0 aliphatic carbocycles. The Balaban J connectivity index is 1.02. The number of carbonyl (C=O) groups is 9. The van der Waals surface area contributed by atoms with Crippen molar-refractivity contribution in [2.75, 3.05) is 0 Å². The highest BCUT2D eigenvalue weighted by Gasteiger charge is 2.52. The number of benzene rings is 6. The molecule has 6 aromatic carbocycles. The van der Waals surface area contributed by atoms with Crippen LogP contribution in [0.15, 0.2) is 238 Å². The topological polar surface area (TPSA) is 367 Å². The van der Waals surface area contributed by atoms with E-state index in [0.29, 0.717) is 33.4 Å². The molecule has 4 heterocycles. The lowest BCUT2D eigenvalue weighted by atomic mass is 9.58. The monoisotopic (exact) mass is 1540 g/mol. The molecule has 588 valence electrons. The molecule has 1 saturated heterocycles. The third kappa shape index (κ3) is 26.5. The van der Waals surface area contributed by atoms with Crippen molar-refractivity contribution < 1.29 is 56.9 Å². The normalized spacial score (nSPS) is 14.4. The number of amides is 9. The van der Waals surface area contributed by atoms with E-state index in [1.54, 1.807) is 0 Å². The van der Waals surface area contributed by atoms with E-state index in [9.17, 15) is 14.4 Å². The van der Waals surface area contributed by atoms with Gasteiger partial charge in [0.2, 0.25) is 35.4 Å². The molecule has 0 saturated carbocycles. The first kappa shape index (κ1) is 84.3. The van der Waals surface area contributed by atoms with Gasteiger partial charge in [-0.25, -0.2) is 15.0 Å². The SMILES string of the molecule is CC(C)C[C@H](NC(=O)[C@H](Cc1ccccc1)NC(=O)[C@@H](Cc1ccccc1)NC(=O)c1cnccn1)B1OB([C@H](CC(C)C)NC(=O)[C@H](Cc2ccccc2)NC(=O)[C@@H](Cc2ccccc2)NC(=O)c2cnccn2)OB([C@H](CC(C)C)NC(=O)[C@H](Cc2ccccc2)NC(=O)[C@@H](Cc2ccccc2)NC(=O)c2cnccn2)O1. The molecule has 9 aromatic rings. The summed E-state index contributed by atoms with van der Waals surface area (Å²) >= 11 is 0. The second kappa shape index (κ2) is 43.0. The van der Waals surface area contributed by atoms with E-state index in [-0.39, 0.29) is 92.6 Å². The van der Waals surface area contributed by atoms with E-state index < -0.39 is 129 Å². The van der Waals surface area contributed by atoms with Crippen molar-refractivity contribution in [2.24, 2.45) is 17.8 Å². The van der Waals surface area contributed by atoms with Crippen molar-refractivity contribution in [1.82, 2.24) is 77.8 Å². The summed E-state index contributed by atoms with van der Waals surface area (Å²) in [5, 5.41) is 27.0. The number of hydrogen-bond donors (Lipinski definition) is 9. The molecule has 10 rings (SSSR count). The third-order valence-electron chi connectivity index (χ3n) is 18.8. The van der Waals surface area contributed by atoms with E-state index in [1.165, 1.54) is 55.8 Å². The Morgan fingerprint density at radius 2 is 0.465 bits per heavy atom. The Hall–Kier alpha value is -12.1. The highest BCUT2D eigenvalue weighted by molar-refractivity contribution is 6.75. The van der Waals surface area contributed by atoms with Crippen molar-refractivity contribution in [3.8, 4) is 0 Å². The molecule has 30 heteroatoms. The molecule has 9 atom stereocenters. The Labute approximate surface area is 665 Å². The van der Waals surface area contributed by atoms with Crippen molar-refractivity contribution >= 4 is 74.5 Å². The third-order valence-corrected chi connectivity index (χ3v) is 18.8. The lowest BCUT2D eigenvalue weighted by Gasteiger charge is -2.41. The highest BCUT2D eigenvalue weighted by Crippen LogP contribution is 2.26. The zero-order valence-electron chi connectivity index (χ0n) is 64.6. The van der Waals surface area contributed by atoms with Gasteiger partial charge in [0.25, 0.3) is 17.7 Å². The summed E-state index contributed by atoms with van der Waals surface area (Å²) in [7, 11) is -4.43. The number of nitrogens with one attached hydrogen (secondary N) is 9. The molecule has 1 aliphatic rings. The van der Waals surface area contributed by atoms with Crippen molar-refractivity contribution in [2.45, 2.75) is 153 Å². The zero-order chi connectivity index (χ0) is 80.7. The van der Waals surface area contributed by atoms with Gasteiger partial charge < -0.3 is 61.6 Å². The van der Waals surface area contributed by atoms with Crippen LogP contribution in [-0.2, 0) is 81.0 Å². The van der Waals surface area contributed by atoms with Gasteiger partial charge in [0.1, 0.15) is 53.3 Å². The van der Waals surface area contributed by atoms with Gasteiger partial charge in [0.05, 0.1) is 36.4 Å². The first-order valence-corrected chi connectivity index (χ1v) is 38.4. The second-order valence-corrected chi connectivity index (χ2v) is 29.4. The minimum absolute atomic E-state index is 0.0251. The Kier molecular flexibility index (Phi) is 31.8. The Morgan fingerprint density at radius 1 is 0.272 bits per heavy atom. The quantitative estimate of drug-likeness (QED) is 0.0188. The first-order chi connectivity index (χ1) is 55.2. The molecule has 0 spiro atoms. The fourth-order valence-electron chi connectivity index (χ4n) is 13.3. The predicted octanol–water partition coefficient (Wildman–Crippen LogP) is 6.40. The van der Waals surface area contributed by atoms with Crippen molar-refractivity contribution in [3.05, 3.63) is 288 Å². The summed E-state index contributed by atoms with van der Waals surface area (Å²) < 4.78 is 21.3. The van der Waals surface area contributed by atoms with Gasteiger partial charge in [0, 0.05) is 75.7 Å². The Bertz CT molecular complexity index is 4090. The highest BCUT2D eigenvalue weighted by atomic mass is 16.7. The number of aromatic nitrogens is 6. The van der Waals surface area contributed by atoms with Crippen molar-refractivity contribution in [1.29, 1.82) is 0 Å². The average Bonchev–Trinajstić information content (AvgIpc) is 0.786. The first-order valence-electron chi connectivity index (χ1n) is 38.4. The van der Waals surface area contributed by atoms with Crippen LogP contribution in [0.5, 0.6) is 0 Å². The standard InChI is InChI=1S/C84H96B3N15O12/c1-55(2)43-73(100-79(106)67(49-61-31-19-10-20-32-61)94-76(103)64(46-58-25-13-7-14-26-58)97-82(109)70-52-88-37-40-91-70)85-112-86(74(44-56(3)4)101-80(107)68(50-62-33-21-11-22-34-62)95-77(104)65(47-59-27-15-8-16-28-59)98-83(110)71-53-89-38-41-92-71)114-87(113-85)75(45-57(5)6)102-81(108)69(51-63-35-23-12-24-36-63)96-78(105)66(48-60-29-17-9-18-30-60)99-84(111)72-54-90-39-42-93-72/h7-42,52-57,64-69,73-75H,43-51H2,1-6H3,(H,94,103)(H,95,104)(H,96,105)(H,97,109)(H,98,110)(H,99,111)(H,100,106)(H,101,107)(H,102,108)/t64-,65-,66-,67+,68+,69+,73+,74+,75+/m1/s1. The van der Waals surface area contributed by atoms with Crippen LogP contribution in [0, 0.1) is 17.8 Å². The molecule has 3 aromatic heterocycles. The predicted molar refractivity (Wildman–Crippen MR) is 431 cm³/mol. The Morgan fingerprint density at radius 3 is 0.649 bits per heavy atom. The molecular weight excluding hydrogens is 1440 g/mol. The number of nitrogens with zero attached hydrogens (tertiary/aromatic N) is 6. The van der Waals surface area contributed by atoms with Crippen LogP contribution in [0.1, 0.15) is 126 Å². The van der Waals surface area contributed by atoms with Crippen molar-refractivity contribution in [3.63, 3.8) is 0 Å². The molecule has 27 nitrogen and oxygen atoms in total. The van der Waals surface area contributed by atoms with E-state index >= 15 is 28.8 Å². The van der Waals surface area contributed by atoms with E-state index in [0.717, 1.165) is 0 Å². The fourth-order valence-corrected chi connectivity index (χ4v) is 13.3. The summed E-state index contributed by atoms with van der Waals surface area (Å²) in [6, 6.07) is 46.8. The molecular formula is C84H96B3N15O12. The lowest BCUT2D eigenvalue weighted by Crippen LogP contribution is -2.69. The molecule has 1 fully saturated rings. The van der Waals surface area contributed by atoms with Gasteiger partial charge in [-0.3, -0.25) is 58.1 Å². The minimum atomic E-state index is -1.48. The molecule has 0 radical (unpaired) electrons.